The smallest absolute Gasteiger partial charge is 0.218 e. The minimum absolute atomic E-state index is 0.138. The van der Waals surface area contributed by atoms with Crippen molar-refractivity contribution in [2.24, 2.45) is 0 Å². The van der Waals surface area contributed by atoms with Crippen LogP contribution in [0.4, 0.5) is 0 Å². The lowest BCUT2D eigenvalue weighted by molar-refractivity contribution is 0.267. The summed E-state index contributed by atoms with van der Waals surface area (Å²) in [5, 5.41) is 3.00. The Balaban J connectivity index is 2.16. The van der Waals surface area contributed by atoms with Crippen LogP contribution in [-0.4, -0.2) is 68.7 Å². The number of nitrogens with one attached hydrogen (secondary N) is 1. The molecule has 0 saturated carbocycles. The van der Waals surface area contributed by atoms with E-state index in [1.807, 2.05) is 0 Å². The van der Waals surface area contributed by atoms with Gasteiger partial charge >= 0.3 is 0 Å². The fourth-order valence-corrected chi connectivity index (χ4v) is 5.35. The Morgan fingerprint density at radius 1 is 1.26 bits per heavy atom. The van der Waals surface area contributed by atoms with Crippen LogP contribution in [0.15, 0.2) is 0 Å². The van der Waals surface area contributed by atoms with E-state index in [9.17, 15) is 8.42 Å². The van der Waals surface area contributed by atoms with Gasteiger partial charge in [0, 0.05) is 25.7 Å². The largest absolute Gasteiger partial charge is 0.315 e. The van der Waals surface area contributed by atoms with Gasteiger partial charge in [0.05, 0.1) is 5.25 Å². The van der Waals surface area contributed by atoms with E-state index in [-0.39, 0.29) is 11.3 Å². The van der Waals surface area contributed by atoms with Gasteiger partial charge in [-0.25, -0.2) is 8.42 Å². The van der Waals surface area contributed by atoms with E-state index in [2.05, 4.69) is 24.2 Å². The molecule has 2 saturated heterocycles. The van der Waals surface area contributed by atoms with Gasteiger partial charge in [0.15, 0.2) is 0 Å². The van der Waals surface area contributed by atoms with Gasteiger partial charge < -0.3 is 10.2 Å². The zero-order valence-electron chi connectivity index (χ0n) is 12.1. The molecule has 0 bridgehead atoms. The maximum absolute atomic E-state index is 12.8. The number of sulfonamides is 1. The van der Waals surface area contributed by atoms with Crippen LogP contribution >= 0.6 is 0 Å². The van der Waals surface area contributed by atoms with Crippen molar-refractivity contribution < 1.29 is 8.42 Å². The van der Waals surface area contributed by atoms with E-state index in [4.69, 9.17) is 0 Å². The number of hydrogen-bond donors (Lipinski definition) is 1. The van der Waals surface area contributed by atoms with Crippen LogP contribution in [0.25, 0.3) is 0 Å². The molecule has 112 valence electrons. The highest BCUT2D eigenvalue weighted by molar-refractivity contribution is 7.89. The normalized spacial score (nSPS) is 32.1. The van der Waals surface area contributed by atoms with Crippen LogP contribution < -0.4 is 5.32 Å². The molecule has 0 spiro atoms. The van der Waals surface area contributed by atoms with Crippen LogP contribution in [0, 0.1) is 0 Å². The second kappa shape index (κ2) is 6.52. The third-order valence-electron chi connectivity index (χ3n) is 4.32. The molecule has 0 aromatic heterocycles. The van der Waals surface area contributed by atoms with Crippen molar-refractivity contribution in [3.8, 4) is 0 Å². The Hall–Kier alpha value is -0.170. The Bertz CT molecular complexity index is 379. The van der Waals surface area contributed by atoms with Crippen molar-refractivity contribution in [1.82, 2.24) is 14.5 Å². The van der Waals surface area contributed by atoms with Crippen molar-refractivity contribution in [1.29, 1.82) is 0 Å². The van der Waals surface area contributed by atoms with Gasteiger partial charge in [-0.2, -0.15) is 4.31 Å². The maximum Gasteiger partial charge on any atom is 0.218 e. The quantitative estimate of drug-likeness (QED) is 0.821. The summed E-state index contributed by atoms with van der Waals surface area (Å²) in [6.45, 7) is 6.19. The molecule has 0 amide bonds. The van der Waals surface area contributed by atoms with Crippen LogP contribution in [0.2, 0.25) is 0 Å². The molecule has 2 unspecified atom stereocenters. The average Bonchev–Trinajstić information content (AvgIpc) is 2.61. The molecule has 6 heteroatoms. The molecular formula is C13H27N3O2S. The lowest BCUT2D eigenvalue weighted by atomic mass is 10.2. The van der Waals surface area contributed by atoms with Crippen molar-refractivity contribution in [2.45, 2.75) is 43.9 Å². The van der Waals surface area contributed by atoms with Crippen LogP contribution in [0.3, 0.4) is 0 Å². The van der Waals surface area contributed by atoms with Gasteiger partial charge in [0.25, 0.3) is 0 Å². The predicted molar refractivity (Wildman–Crippen MR) is 77.7 cm³/mol. The Labute approximate surface area is 117 Å². The van der Waals surface area contributed by atoms with E-state index in [1.54, 1.807) is 4.31 Å². The summed E-state index contributed by atoms with van der Waals surface area (Å²) in [7, 11) is -1.06. The lowest BCUT2D eigenvalue weighted by Gasteiger charge is -2.34. The highest BCUT2D eigenvalue weighted by atomic mass is 32.2. The predicted octanol–water partition coefficient (Wildman–Crippen LogP) is 0.484. The van der Waals surface area contributed by atoms with E-state index in [0.717, 1.165) is 45.3 Å². The first-order valence-electron chi connectivity index (χ1n) is 7.45. The van der Waals surface area contributed by atoms with Gasteiger partial charge in [-0.1, -0.05) is 6.92 Å². The number of hydrogen-bond acceptors (Lipinski definition) is 4. The first-order chi connectivity index (χ1) is 9.05. The van der Waals surface area contributed by atoms with E-state index in [1.165, 1.54) is 0 Å². The highest BCUT2D eigenvalue weighted by Gasteiger charge is 2.37. The number of nitrogens with zero attached hydrogens (tertiary/aromatic N) is 2. The molecular weight excluding hydrogens is 262 g/mol. The van der Waals surface area contributed by atoms with Crippen LogP contribution in [-0.2, 0) is 10.0 Å². The highest BCUT2D eigenvalue weighted by Crippen LogP contribution is 2.22. The van der Waals surface area contributed by atoms with Crippen molar-refractivity contribution in [2.75, 3.05) is 39.8 Å². The monoisotopic (exact) mass is 289 g/mol. The van der Waals surface area contributed by atoms with Crippen molar-refractivity contribution in [3.05, 3.63) is 0 Å². The van der Waals surface area contributed by atoms with Crippen molar-refractivity contribution >= 4 is 10.0 Å². The average molecular weight is 289 g/mol. The molecule has 2 rings (SSSR count). The minimum Gasteiger partial charge on any atom is -0.315 e. The number of piperidine rings is 1. The van der Waals surface area contributed by atoms with Crippen molar-refractivity contribution in [3.63, 3.8) is 0 Å². The van der Waals surface area contributed by atoms with Gasteiger partial charge in [-0.15, -0.1) is 0 Å². The summed E-state index contributed by atoms with van der Waals surface area (Å²) in [4.78, 5) is 2.25. The number of rotatable bonds is 3. The van der Waals surface area contributed by atoms with Gasteiger partial charge in [-0.3, -0.25) is 0 Å². The fraction of sp³-hybridized carbons (Fsp3) is 1.00. The SMILES string of the molecule is CCC1CN(C)CCCN1S(=O)(=O)C1CCCNC1. The van der Waals surface area contributed by atoms with Gasteiger partial charge in [0.2, 0.25) is 10.0 Å². The summed E-state index contributed by atoms with van der Waals surface area (Å²) in [6, 6.07) is 0.138. The summed E-state index contributed by atoms with van der Waals surface area (Å²) < 4.78 is 27.5. The molecule has 5 nitrogen and oxygen atoms in total. The molecule has 0 aromatic carbocycles. The second-order valence-corrected chi connectivity index (χ2v) is 7.97. The van der Waals surface area contributed by atoms with Gasteiger partial charge in [-0.05, 0) is 45.8 Å². The molecule has 2 fully saturated rings. The first kappa shape index (κ1) is 15.2. The maximum atomic E-state index is 12.8. The Morgan fingerprint density at radius 2 is 2.05 bits per heavy atom. The van der Waals surface area contributed by atoms with Crippen LogP contribution in [0.5, 0.6) is 0 Å². The topological polar surface area (TPSA) is 52.7 Å². The van der Waals surface area contributed by atoms with Gasteiger partial charge in [0.1, 0.15) is 0 Å². The molecule has 2 aliphatic rings. The fourth-order valence-electron chi connectivity index (χ4n) is 3.15. The zero-order valence-corrected chi connectivity index (χ0v) is 13.0. The number of likely N-dealkylation sites (N-methyl/N-ethyl adjacent to an activating group) is 1. The second-order valence-electron chi connectivity index (χ2n) is 5.80. The lowest BCUT2D eigenvalue weighted by Crippen LogP contribution is -2.51. The summed E-state index contributed by atoms with van der Waals surface area (Å²) >= 11 is 0. The third-order valence-corrected chi connectivity index (χ3v) is 6.70. The first-order valence-corrected chi connectivity index (χ1v) is 8.96. The van der Waals surface area contributed by atoms with E-state index in [0.29, 0.717) is 13.1 Å². The van der Waals surface area contributed by atoms with Crippen LogP contribution in [0.1, 0.15) is 32.6 Å². The van der Waals surface area contributed by atoms with E-state index >= 15 is 0 Å². The molecule has 0 radical (unpaired) electrons. The summed E-state index contributed by atoms with van der Waals surface area (Å²) in [5.41, 5.74) is 0. The molecule has 19 heavy (non-hydrogen) atoms. The molecule has 2 atom stereocenters. The minimum atomic E-state index is -3.15. The Morgan fingerprint density at radius 3 is 2.68 bits per heavy atom. The molecule has 0 aliphatic carbocycles. The zero-order chi connectivity index (χ0) is 13.9. The third kappa shape index (κ3) is 3.48. The standard InChI is InChI=1S/C13H27N3O2S/c1-3-12-11-15(2)8-5-9-16(12)19(17,18)13-6-4-7-14-10-13/h12-14H,3-11H2,1-2H3. The Kier molecular flexibility index (Phi) is 5.22. The summed E-state index contributed by atoms with van der Waals surface area (Å²) in [5.74, 6) is 0. The van der Waals surface area contributed by atoms with E-state index < -0.39 is 10.0 Å². The molecule has 1 N–H and O–H groups in total. The molecule has 2 aliphatic heterocycles. The summed E-state index contributed by atoms with van der Waals surface area (Å²) in [6.07, 6.45) is 3.60. The molecule has 2 heterocycles. The molecule has 0 aromatic rings.